The van der Waals surface area contributed by atoms with Crippen molar-refractivity contribution < 1.29 is 4.52 Å². The van der Waals surface area contributed by atoms with Gasteiger partial charge in [0.1, 0.15) is 0 Å². The average Bonchev–Trinajstić information content (AvgIpc) is 2.66. The SMILES string of the molecule is Cc1nc(CNC2CC(C)CCC2C)no1. The summed E-state index contributed by atoms with van der Waals surface area (Å²) < 4.78 is 4.95. The van der Waals surface area contributed by atoms with Gasteiger partial charge in [0.05, 0.1) is 6.54 Å². The third kappa shape index (κ3) is 2.82. The Morgan fingerprint density at radius 1 is 1.38 bits per heavy atom. The summed E-state index contributed by atoms with van der Waals surface area (Å²) in [4.78, 5) is 4.20. The van der Waals surface area contributed by atoms with Crippen LogP contribution in [-0.4, -0.2) is 16.2 Å². The summed E-state index contributed by atoms with van der Waals surface area (Å²) in [6.07, 6.45) is 3.95. The lowest BCUT2D eigenvalue weighted by atomic mass is 9.80. The van der Waals surface area contributed by atoms with Gasteiger partial charge >= 0.3 is 0 Å². The number of nitrogens with one attached hydrogen (secondary N) is 1. The second kappa shape index (κ2) is 4.95. The van der Waals surface area contributed by atoms with E-state index in [1.165, 1.54) is 19.3 Å². The fraction of sp³-hybridized carbons (Fsp3) is 0.833. The zero-order valence-electron chi connectivity index (χ0n) is 10.4. The van der Waals surface area contributed by atoms with Crippen molar-refractivity contribution >= 4 is 0 Å². The molecule has 3 atom stereocenters. The molecule has 0 radical (unpaired) electrons. The molecule has 1 aliphatic rings. The predicted molar refractivity (Wildman–Crippen MR) is 61.8 cm³/mol. The minimum atomic E-state index is 0.600. The molecule has 3 unspecified atom stereocenters. The van der Waals surface area contributed by atoms with E-state index >= 15 is 0 Å². The van der Waals surface area contributed by atoms with Gasteiger partial charge < -0.3 is 9.84 Å². The number of aromatic nitrogens is 2. The van der Waals surface area contributed by atoms with E-state index in [2.05, 4.69) is 29.3 Å². The Hall–Kier alpha value is -0.900. The fourth-order valence-corrected chi connectivity index (χ4v) is 2.45. The summed E-state index contributed by atoms with van der Waals surface area (Å²) in [5.41, 5.74) is 0. The first-order chi connectivity index (χ1) is 7.65. The van der Waals surface area contributed by atoms with E-state index in [4.69, 9.17) is 4.52 Å². The Morgan fingerprint density at radius 2 is 2.19 bits per heavy atom. The van der Waals surface area contributed by atoms with Crippen molar-refractivity contribution in [3.05, 3.63) is 11.7 Å². The monoisotopic (exact) mass is 223 g/mol. The highest BCUT2D eigenvalue weighted by Crippen LogP contribution is 2.28. The maximum Gasteiger partial charge on any atom is 0.223 e. The molecule has 16 heavy (non-hydrogen) atoms. The molecule has 90 valence electrons. The maximum absolute atomic E-state index is 4.95. The van der Waals surface area contributed by atoms with Crippen molar-refractivity contribution in [1.29, 1.82) is 0 Å². The molecule has 0 spiro atoms. The molecule has 1 aromatic heterocycles. The Kier molecular flexibility index (Phi) is 3.59. The van der Waals surface area contributed by atoms with Crippen LogP contribution < -0.4 is 5.32 Å². The zero-order valence-corrected chi connectivity index (χ0v) is 10.4. The Morgan fingerprint density at radius 3 is 2.88 bits per heavy atom. The van der Waals surface area contributed by atoms with Gasteiger partial charge in [-0.05, 0) is 24.7 Å². The average molecular weight is 223 g/mol. The summed E-state index contributed by atoms with van der Waals surface area (Å²) in [7, 11) is 0. The van der Waals surface area contributed by atoms with Gasteiger partial charge in [0.15, 0.2) is 5.82 Å². The minimum absolute atomic E-state index is 0.600. The summed E-state index contributed by atoms with van der Waals surface area (Å²) >= 11 is 0. The molecule has 0 aliphatic heterocycles. The fourth-order valence-electron chi connectivity index (χ4n) is 2.45. The normalized spacial score (nSPS) is 30.6. The van der Waals surface area contributed by atoms with Crippen molar-refractivity contribution in [3.8, 4) is 0 Å². The number of nitrogens with zero attached hydrogens (tertiary/aromatic N) is 2. The Bertz CT molecular complexity index is 337. The molecule has 0 amide bonds. The first kappa shape index (κ1) is 11.6. The van der Waals surface area contributed by atoms with Gasteiger partial charge in [-0.1, -0.05) is 25.4 Å². The highest BCUT2D eigenvalue weighted by atomic mass is 16.5. The smallest absolute Gasteiger partial charge is 0.223 e. The molecule has 0 bridgehead atoms. The molecular weight excluding hydrogens is 202 g/mol. The quantitative estimate of drug-likeness (QED) is 0.854. The number of hydrogen-bond donors (Lipinski definition) is 1. The lowest BCUT2D eigenvalue weighted by Gasteiger charge is -2.33. The molecule has 0 aromatic carbocycles. The van der Waals surface area contributed by atoms with Crippen molar-refractivity contribution in [2.75, 3.05) is 0 Å². The van der Waals surface area contributed by atoms with Gasteiger partial charge in [0.25, 0.3) is 0 Å². The van der Waals surface area contributed by atoms with Crippen LogP contribution in [0.2, 0.25) is 0 Å². The van der Waals surface area contributed by atoms with E-state index in [1.54, 1.807) is 0 Å². The number of hydrogen-bond acceptors (Lipinski definition) is 4. The molecule has 4 nitrogen and oxygen atoms in total. The van der Waals surface area contributed by atoms with Crippen LogP contribution in [0.3, 0.4) is 0 Å². The van der Waals surface area contributed by atoms with Crippen LogP contribution in [0.1, 0.15) is 44.8 Å². The predicted octanol–water partition coefficient (Wildman–Crippen LogP) is 2.29. The summed E-state index contributed by atoms with van der Waals surface area (Å²) in [5.74, 6) is 3.00. The van der Waals surface area contributed by atoms with Crippen molar-refractivity contribution in [1.82, 2.24) is 15.5 Å². The molecular formula is C12H21N3O. The van der Waals surface area contributed by atoms with Crippen LogP contribution in [0, 0.1) is 18.8 Å². The van der Waals surface area contributed by atoms with E-state index in [9.17, 15) is 0 Å². The Labute approximate surface area is 96.8 Å². The maximum atomic E-state index is 4.95. The summed E-state index contributed by atoms with van der Waals surface area (Å²) in [5, 5.41) is 7.44. The summed E-state index contributed by atoms with van der Waals surface area (Å²) in [6.45, 7) is 7.20. The standard InChI is InChI=1S/C12H21N3O/c1-8-4-5-9(2)11(6-8)13-7-12-14-10(3)16-15-12/h8-9,11,13H,4-7H2,1-3H3. The third-order valence-electron chi connectivity index (χ3n) is 3.55. The second-order valence-electron chi connectivity index (χ2n) is 5.11. The first-order valence-corrected chi connectivity index (χ1v) is 6.17. The minimum Gasteiger partial charge on any atom is -0.340 e. The third-order valence-corrected chi connectivity index (χ3v) is 3.55. The molecule has 1 fully saturated rings. The van der Waals surface area contributed by atoms with E-state index in [-0.39, 0.29) is 0 Å². The van der Waals surface area contributed by atoms with Crippen LogP contribution >= 0.6 is 0 Å². The van der Waals surface area contributed by atoms with Gasteiger partial charge in [-0.15, -0.1) is 0 Å². The van der Waals surface area contributed by atoms with Crippen LogP contribution in [0.15, 0.2) is 4.52 Å². The zero-order chi connectivity index (χ0) is 11.5. The highest BCUT2D eigenvalue weighted by Gasteiger charge is 2.25. The van der Waals surface area contributed by atoms with Gasteiger partial charge in [0.2, 0.25) is 5.89 Å². The van der Waals surface area contributed by atoms with Crippen molar-refractivity contribution in [2.24, 2.45) is 11.8 Å². The molecule has 2 rings (SSSR count). The van der Waals surface area contributed by atoms with E-state index in [0.717, 1.165) is 24.2 Å². The molecule has 1 N–H and O–H groups in total. The molecule has 4 heteroatoms. The first-order valence-electron chi connectivity index (χ1n) is 6.17. The van der Waals surface area contributed by atoms with Gasteiger partial charge in [-0.2, -0.15) is 4.98 Å². The van der Waals surface area contributed by atoms with Gasteiger partial charge in [-0.25, -0.2) is 0 Å². The molecule has 1 aromatic rings. The topological polar surface area (TPSA) is 51.0 Å². The van der Waals surface area contributed by atoms with Gasteiger partial charge in [-0.3, -0.25) is 0 Å². The van der Waals surface area contributed by atoms with E-state index in [0.29, 0.717) is 11.9 Å². The Balaban J connectivity index is 1.84. The van der Waals surface area contributed by atoms with Crippen LogP contribution in [0.5, 0.6) is 0 Å². The lowest BCUT2D eigenvalue weighted by molar-refractivity contribution is 0.225. The molecule has 1 aliphatic carbocycles. The molecule has 1 heterocycles. The number of rotatable bonds is 3. The second-order valence-corrected chi connectivity index (χ2v) is 5.11. The molecule has 1 saturated carbocycles. The van der Waals surface area contributed by atoms with Crippen LogP contribution in [0.4, 0.5) is 0 Å². The van der Waals surface area contributed by atoms with Crippen LogP contribution in [-0.2, 0) is 6.54 Å². The molecule has 0 saturated heterocycles. The van der Waals surface area contributed by atoms with Crippen molar-refractivity contribution in [2.45, 2.75) is 52.6 Å². The van der Waals surface area contributed by atoms with E-state index < -0.39 is 0 Å². The highest BCUT2D eigenvalue weighted by molar-refractivity contribution is 4.87. The number of aryl methyl sites for hydroxylation is 1. The largest absolute Gasteiger partial charge is 0.340 e. The van der Waals surface area contributed by atoms with Gasteiger partial charge in [0, 0.05) is 13.0 Å². The lowest BCUT2D eigenvalue weighted by Crippen LogP contribution is -2.39. The van der Waals surface area contributed by atoms with Crippen LogP contribution in [0.25, 0.3) is 0 Å². The summed E-state index contributed by atoms with van der Waals surface area (Å²) in [6, 6.07) is 0.600. The van der Waals surface area contributed by atoms with Crippen molar-refractivity contribution in [3.63, 3.8) is 0 Å². The van der Waals surface area contributed by atoms with E-state index in [1.807, 2.05) is 6.92 Å².